The van der Waals surface area contributed by atoms with Gasteiger partial charge in [0.1, 0.15) is 22.8 Å². The van der Waals surface area contributed by atoms with Gasteiger partial charge in [0.2, 0.25) is 0 Å². The van der Waals surface area contributed by atoms with E-state index in [1.54, 1.807) is 36.4 Å². The first-order chi connectivity index (χ1) is 11.1. The Bertz CT molecular complexity index is 898. The van der Waals surface area contributed by atoms with Gasteiger partial charge in [-0.1, -0.05) is 36.4 Å². The van der Waals surface area contributed by atoms with E-state index in [2.05, 4.69) is 10.2 Å². The molecule has 1 atom stereocenters. The molecule has 0 aromatic heterocycles. The Morgan fingerprint density at radius 3 is 2.48 bits per heavy atom. The lowest BCUT2D eigenvalue weighted by Gasteiger charge is -2.12. The topological polar surface area (TPSA) is 100 Å². The monoisotopic (exact) mass is 326 g/mol. The van der Waals surface area contributed by atoms with E-state index in [1.165, 1.54) is 0 Å². The van der Waals surface area contributed by atoms with E-state index >= 15 is 0 Å². The predicted octanol–water partition coefficient (Wildman–Crippen LogP) is 4.01. The van der Waals surface area contributed by atoms with Gasteiger partial charge in [-0.05, 0) is 29.7 Å². The molecule has 6 nitrogen and oxygen atoms in total. The fourth-order valence-corrected chi connectivity index (χ4v) is 2.48. The van der Waals surface area contributed by atoms with Gasteiger partial charge in [0.15, 0.2) is 0 Å². The molecule has 0 radical (unpaired) electrons. The van der Waals surface area contributed by atoms with Crippen molar-refractivity contribution in [3.63, 3.8) is 0 Å². The van der Waals surface area contributed by atoms with Crippen molar-refractivity contribution in [3.05, 3.63) is 60.7 Å². The quantitative estimate of drug-likeness (QED) is 0.444. The fourth-order valence-electron chi connectivity index (χ4n) is 2.20. The van der Waals surface area contributed by atoms with Gasteiger partial charge >= 0.3 is 0 Å². The highest BCUT2D eigenvalue weighted by atomic mass is 32.2. The van der Waals surface area contributed by atoms with Crippen LogP contribution in [0.4, 0.5) is 17.1 Å². The van der Waals surface area contributed by atoms with E-state index in [0.717, 1.165) is 5.39 Å². The molecule has 3 aromatic rings. The van der Waals surface area contributed by atoms with Crippen LogP contribution in [0.25, 0.3) is 10.8 Å². The lowest BCUT2D eigenvalue weighted by molar-refractivity contribution is 0.442. The van der Waals surface area contributed by atoms with E-state index in [-0.39, 0.29) is 5.75 Å². The first-order valence-electron chi connectivity index (χ1n) is 6.71. The molecule has 1 unspecified atom stereocenters. The van der Waals surface area contributed by atoms with Crippen LogP contribution in [0, 0.1) is 0 Å². The smallest absolute Gasteiger partial charge is 0.149 e. The van der Waals surface area contributed by atoms with Crippen LogP contribution in [-0.2, 0) is 11.4 Å². The molecule has 0 amide bonds. The molecule has 2 N–H and O–H groups in total. The summed E-state index contributed by atoms with van der Waals surface area (Å²) in [7, 11) is 0. The van der Waals surface area contributed by atoms with Crippen molar-refractivity contribution in [2.24, 2.45) is 10.2 Å². The van der Waals surface area contributed by atoms with Crippen LogP contribution < -0.4 is 9.92 Å². The average Bonchev–Trinajstić information content (AvgIpc) is 2.55. The molecule has 3 rings (SSSR count). The molecule has 0 aliphatic heterocycles. The highest BCUT2D eigenvalue weighted by Gasteiger charge is 2.11. The minimum absolute atomic E-state index is 0.158. The number of nitrogens with two attached hydrogens (primary N) is 1. The van der Waals surface area contributed by atoms with Crippen molar-refractivity contribution >= 4 is 39.2 Å². The molecular formula is C16H12N3O3S-. The van der Waals surface area contributed by atoms with Gasteiger partial charge in [0.05, 0.1) is 16.8 Å². The van der Waals surface area contributed by atoms with Crippen molar-refractivity contribution in [2.45, 2.75) is 0 Å². The van der Waals surface area contributed by atoms with E-state index in [9.17, 15) is 8.76 Å². The van der Waals surface area contributed by atoms with Gasteiger partial charge in [-0.3, -0.25) is 0 Å². The Morgan fingerprint density at radius 2 is 1.74 bits per heavy atom. The van der Waals surface area contributed by atoms with Crippen LogP contribution >= 0.6 is 0 Å². The summed E-state index contributed by atoms with van der Waals surface area (Å²) in [6, 6.07) is 17.7. The zero-order chi connectivity index (χ0) is 16.2. The maximum absolute atomic E-state index is 10.9. The number of nitrogens with zero attached hydrogens (tertiary/aromatic N) is 2. The van der Waals surface area contributed by atoms with Crippen LogP contribution in [0.1, 0.15) is 0 Å². The predicted molar refractivity (Wildman–Crippen MR) is 88.5 cm³/mol. The molecule has 0 saturated carbocycles. The summed E-state index contributed by atoms with van der Waals surface area (Å²) in [5.74, 6) is 0.158. The first-order valence-corrected chi connectivity index (χ1v) is 7.71. The molecule has 0 saturated heterocycles. The Labute approximate surface area is 135 Å². The van der Waals surface area contributed by atoms with Gasteiger partial charge < -0.3 is 14.5 Å². The van der Waals surface area contributed by atoms with Gasteiger partial charge in [0.25, 0.3) is 0 Å². The Hall–Kier alpha value is -2.77. The molecule has 116 valence electrons. The van der Waals surface area contributed by atoms with Crippen LogP contribution in [-0.4, -0.2) is 8.76 Å². The van der Waals surface area contributed by atoms with Gasteiger partial charge in [-0.15, -0.1) is 5.11 Å². The summed E-state index contributed by atoms with van der Waals surface area (Å²) in [6.45, 7) is 0. The highest BCUT2D eigenvalue weighted by molar-refractivity contribution is 7.74. The summed E-state index contributed by atoms with van der Waals surface area (Å²) in [5.41, 5.74) is 7.40. The lowest BCUT2D eigenvalue weighted by Crippen LogP contribution is -1.99. The first kappa shape index (κ1) is 15.1. The Kier molecular flexibility index (Phi) is 4.31. The Morgan fingerprint density at radius 1 is 0.957 bits per heavy atom. The van der Waals surface area contributed by atoms with Crippen LogP contribution in [0.2, 0.25) is 0 Å². The average molecular weight is 326 g/mol. The lowest BCUT2D eigenvalue weighted by atomic mass is 10.1. The van der Waals surface area contributed by atoms with E-state index < -0.39 is 11.4 Å². The minimum atomic E-state index is -2.69. The van der Waals surface area contributed by atoms with Crippen molar-refractivity contribution in [2.75, 3.05) is 5.73 Å². The van der Waals surface area contributed by atoms with Crippen molar-refractivity contribution in [1.82, 2.24) is 0 Å². The van der Waals surface area contributed by atoms with Crippen LogP contribution in [0.15, 0.2) is 70.9 Å². The summed E-state index contributed by atoms with van der Waals surface area (Å²) in [6.07, 6.45) is 0. The number of hydrogen-bond donors (Lipinski definition) is 1. The van der Waals surface area contributed by atoms with Gasteiger partial charge in [-0.25, -0.2) is 4.21 Å². The third kappa shape index (κ3) is 3.36. The number of azo groups is 1. The molecular weight excluding hydrogens is 314 g/mol. The maximum Gasteiger partial charge on any atom is 0.149 e. The minimum Gasteiger partial charge on any atom is -0.740 e. The van der Waals surface area contributed by atoms with Gasteiger partial charge in [-0.2, -0.15) is 5.11 Å². The molecule has 0 bridgehead atoms. The van der Waals surface area contributed by atoms with Crippen LogP contribution in [0.5, 0.6) is 5.75 Å². The Balaban J connectivity index is 2.16. The third-order valence-corrected chi connectivity index (χ3v) is 3.51. The van der Waals surface area contributed by atoms with Gasteiger partial charge in [0, 0.05) is 0 Å². The largest absolute Gasteiger partial charge is 0.740 e. The molecule has 0 spiro atoms. The number of rotatable bonds is 4. The van der Waals surface area contributed by atoms with Crippen molar-refractivity contribution in [3.8, 4) is 5.75 Å². The second-order valence-electron chi connectivity index (χ2n) is 4.68. The number of anilines is 1. The third-order valence-electron chi connectivity index (χ3n) is 3.19. The fraction of sp³-hybridized carbons (Fsp3) is 0. The molecule has 0 fully saturated rings. The number of fused-ring (bicyclic) bond motifs is 1. The molecule has 0 aliphatic carbocycles. The molecule has 0 heterocycles. The molecule has 3 aromatic carbocycles. The zero-order valence-electron chi connectivity index (χ0n) is 11.9. The molecule has 7 heteroatoms. The van der Waals surface area contributed by atoms with Crippen LogP contribution in [0.3, 0.4) is 0 Å². The van der Waals surface area contributed by atoms with Crippen molar-refractivity contribution in [1.29, 1.82) is 0 Å². The maximum atomic E-state index is 10.9. The van der Waals surface area contributed by atoms with E-state index in [1.807, 2.05) is 24.3 Å². The molecule has 23 heavy (non-hydrogen) atoms. The highest BCUT2D eigenvalue weighted by Crippen LogP contribution is 2.39. The summed E-state index contributed by atoms with van der Waals surface area (Å²) in [5, 5.41) is 9.58. The summed E-state index contributed by atoms with van der Waals surface area (Å²) in [4.78, 5) is 0. The molecule has 0 aliphatic rings. The number of nitrogen functional groups attached to an aromatic ring is 1. The number of benzene rings is 3. The van der Waals surface area contributed by atoms with E-state index in [0.29, 0.717) is 22.4 Å². The van der Waals surface area contributed by atoms with E-state index in [4.69, 9.17) is 9.92 Å². The summed E-state index contributed by atoms with van der Waals surface area (Å²) < 4.78 is 26.6. The number of hydrogen-bond acceptors (Lipinski definition) is 6. The standard InChI is InChI=1S/C16H13N3O3S/c17-13-10-9-11-5-4-8-14(22-23(20)21)15(11)16(13)19-18-12-6-2-1-3-7-12/h1-10H,17H2,(H,20,21)/p-1. The van der Waals surface area contributed by atoms with Crippen molar-refractivity contribution < 1.29 is 12.9 Å². The zero-order valence-corrected chi connectivity index (χ0v) is 12.7. The summed E-state index contributed by atoms with van der Waals surface area (Å²) >= 11 is -2.69. The second kappa shape index (κ2) is 6.55. The second-order valence-corrected chi connectivity index (χ2v) is 5.26. The normalized spacial score (nSPS) is 12.6. The SMILES string of the molecule is Nc1ccc2cccc(OS(=O)[O-])c2c1N=Nc1ccccc1.